The fourth-order valence-electron chi connectivity index (χ4n) is 4.31. The van der Waals surface area contributed by atoms with Crippen molar-refractivity contribution in [2.75, 3.05) is 7.11 Å². The first-order chi connectivity index (χ1) is 14.7. The third kappa shape index (κ3) is 3.15. The molecule has 0 N–H and O–H groups in total. The van der Waals surface area contributed by atoms with Gasteiger partial charge in [0.25, 0.3) is 5.79 Å². The first-order valence-electron chi connectivity index (χ1n) is 10.7. The molecule has 30 heavy (non-hydrogen) atoms. The van der Waals surface area contributed by atoms with Gasteiger partial charge in [0.05, 0.1) is 7.11 Å². The van der Waals surface area contributed by atoms with Gasteiger partial charge in [-0.15, -0.1) is 0 Å². The number of ether oxygens (including phenoxy) is 3. The van der Waals surface area contributed by atoms with E-state index in [0.29, 0.717) is 0 Å². The highest BCUT2D eigenvalue weighted by Crippen LogP contribution is 2.46. The summed E-state index contributed by atoms with van der Waals surface area (Å²) in [6.07, 6.45) is 10.8. The van der Waals surface area contributed by atoms with Crippen LogP contribution in [0.2, 0.25) is 0 Å². The Morgan fingerprint density at radius 2 is 1.83 bits per heavy atom. The lowest BCUT2D eigenvalue weighted by Crippen LogP contribution is -2.45. The van der Waals surface area contributed by atoms with Crippen molar-refractivity contribution in [2.45, 2.75) is 38.4 Å². The summed E-state index contributed by atoms with van der Waals surface area (Å²) in [5, 5.41) is 2.27. The first-order valence-corrected chi connectivity index (χ1v) is 10.7. The molecule has 3 aromatic rings. The van der Waals surface area contributed by atoms with E-state index in [9.17, 15) is 0 Å². The standard InChI is InChI=1S/C27H26O3/c1-3-4-5-9-22-17-21-18-23(28-2)13-14-25(21)29-27(22)16-15-20-12-11-19-8-6-7-10-24(19)26(20)30-27/h6-8,10-18H,3-5,9H2,1-2H3. The van der Waals surface area contributed by atoms with Crippen molar-refractivity contribution in [3.8, 4) is 17.2 Å². The van der Waals surface area contributed by atoms with Gasteiger partial charge in [0.1, 0.15) is 17.2 Å². The highest BCUT2D eigenvalue weighted by Gasteiger charge is 2.42. The fourth-order valence-corrected chi connectivity index (χ4v) is 4.31. The van der Waals surface area contributed by atoms with Gasteiger partial charge >= 0.3 is 0 Å². The summed E-state index contributed by atoms with van der Waals surface area (Å²) < 4.78 is 18.7. The van der Waals surface area contributed by atoms with Crippen LogP contribution in [0.1, 0.15) is 43.7 Å². The summed E-state index contributed by atoms with van der Waals surface area (Å²) in [5.74, 6) is 1.61. The topological polar surface area (TPSA) is 27.7 Å². The zero-order chi connectivity index (χ0) is 20.6. The predicted octanol–water partition coefficient (Wildman–Crippen LogP) is 7.01. The Morgan fingerprint density at radius 1 is 0.933 bits per heavy atom. The normalized spacial score (nSPS) is 18.9. The molecule has 0 fully saturated rings. The zero-order valence-electron chi connectivity index (χ0n) is 17.5. The lowest BCUT2D eigenvalue weighted by Gasteiger charge is -2.40. The van der Waals surface area contributed by atoms with Gasteiger partial charge in [-0.3, -0.25) is 0 Å². The molecule has 152 valence electrons. The summed E-state index contributed by atoms with van der Waals surface area (Å²) >= 11 is 0. The third-order valence-electron chi connectivity index (χ3n) is 5.95. The predicted molar refractivity (Wildman–Crippen MR) is 122 cm³/mol. The van der Waals surface area contributed by atoms with E-state index in [0.717, 1.165) is 52.2 Å². The number of hydrogen-bond acceptors (Lipinski definition) is 3. The molecule has 2 heterocycles. The molecule has 0 bridgehead atoms. The molecule has 1 atom stereocenters. The van der Waals surface area contributed by atoms with Crippen LogP contribution in [-0.4, -0.2) is 12.9 Å². The van der Waals surface area contributed by atoms with Crippen molar-refractivity contribution in [3.05, 3.63) is 77.4 Å². The fraction of sp³-hybridized carbons (Fsp3) is 0.259. The molecule has 0 aromatic heterocycles. The molecule has 0 radical (unpaired) electrons. The minimum Gasteiger partial charge on any atom is -0.497 e. The molecule has 1 spiro atoms. The molecule has 3 nitrogen and oxygen atoms in total. The van der Waals surface area contributed by atoms with Gasteiger partial charge in [-0.1, -0.05) is 56.2 Å². The smallest absolute Gasteiger partial charge is 0.294 e. The van der Waals surface area contributed by atoms with Crippen LogP contribution in [0.25, 0.3) is 22.9 Å². The minimum absolute atomic E-state index is 0.809. The van der Waals surface area contributed by atoms with Gasteiger partial charge in [0, 0.05) is 28.2 Å². The zero-order valence-corrected chi connectivity index (χ0v) is 17.5. The van der Waals surface area contributed by atoms with E-state index in [1.165, 1.54) is 18.2 Å². The number of methoxy groups -OCH3 is 1. The third-order valence-corrected chi connectivity index (χ3v) is 5.95. The van der Waals surface area contributed by atoms with Crippen LogP contribution < -0.4 is 14.2 Å². The van der Waals surface area contributed by atoms with E-state index < -0.39 is 5.79 Å². The van der Waals surface area contributed by atoms with Crippen molar-refractivity contribution in [2.24, 2.45) is 0 Å². The number of fused-ring (bicyclic) bond motifs is 4. The molecular formula is C27H26O3. The van der Waals surface area contributed by atoms with E-state index in [-0.39, 0.29) is 0 Å². The molecule has 0 saturated carbocycles. The van der Waals surface area contributed by atoms with E-state index in [1.807, 2.05) is 18.2 Å². The lowest BCUT2D eigenvalue weighted by atomic mass is 9.91. The second kappa shape index (κ2) is 7.56. The van der Waals surface area contributed by atoms with Crippen LogP contribution in [0.3, 0.4) is 0 Å². The summed E-state index contributed by atoms with van der Waals surface area (Å²) in [6, 6.07) is 18.5. The quantitative estimate of drug-likeness (QED) is 0.433. The molecule has 2 aliphatic heterocycles. The molecule has 2 aliphatic rings. The van der Waals surface area contributed by atoms with Crippen LogP contribution in [0.4, 0.5) is 0 Å². The molecule has 3 heteroatoms. The number of unbranched alkanes of at least 4 members (excludes halogenated alkanes) is 2. The Morgan fingerprint density at radius 3 is 2.70 bits per heavy atom. The lowest BCUT2D eigenvalue weighted by molar-refractivity contribution is -0.0428. The van der Waals surface area contributed by atoms with Gasteiger partial charge in [0.15, 0.2) is 0 Å². The highest BCUT2D eigenvalue weighted by atomic mass is 16.7. The maximum absolute atomic E-state index is 6.72. The van der Waals surface area contributed by atoms with Crippen LogP contribution in [0, 0.1) is 0 Å². The van der Waals surface area contributed by atoms with Gasteiger partial charge < -0.3 is 14.2 Å². The minimum atomic E-state index is -0.910. The van der Waals surface area contributed by atoms with Gasteiger partial charge in [0.2, 0.25) is 0 Å². The van der Waals surface area contributed by atoms with E-state index in [2.05, 4.69) is 61.5 Å². The largest absolute Gasteiger partial charge is 0.497 e. The summed E-state index contributed by atoms with van der Waals surface area (Å²) in [4.78, 5) is 0. The Labute approximate surface area is 177 Å². The molecule has 0 saturated heterocycles. The molecule has 0 amide bonds. The Bertz CT molecular complexity index is 1160. The van der Waals surface area contributed by atoms with Crippen LogP contribution >= 0.6 is 0 Å². The molecular weight excluding hydrogens is 372 g/mol. The van der Waals surface area contributed by atoms with Crippen molar-refractivity contribution >= 4 is 22.9 Å². The van der Waals surface area contributed by atoms with Crippen LogP contribution in [0.5, 0.6) is 17.2 Å². The van der Waals surface area contributed by atoms with E-state index in [4.69, 9.17) is 14.2 Å². The van der Waals surface area contributed by atoms with Gasteiger partial charge in [-0.25, -0.2) is 0 Å². The molecule has 1 unspecified atom stereocenters. The van der Waals surface area contributed by atoms with Crippen molar-refractivity contribution < 1.29 is 14.2 Å². The van der Waals surface area contributed by atoms with Gasteiger partial charge in [-0.2, -0.15) is 0 Å². The number of benzene rings is 3. The Kier molecular flexibility index (Phi) is 4.74. The maximum Gasteiger partial charge on any atom is 0.294 e. The van der Waals surface area contributed by atoms with Crippen LogP contribution in [-0.2, 0) is 0 Å². The second-order valence-corrected chi connectivity index (χ2v) is 7.94. The highest BCUT2D eigenvalue weighted by molar-refractivity contribution is 5.92. The number of hydrogen-bond donors (Lipinski definition) is 0. The maximum atomic E-state index is 6.72. The van der Waals surface area contributed by atoms with Crippen molar-refractivity contribution in [3.63, 3.8) is 0 Å². The monoisotopic (exact) mass is 398 g/mol. The molecule has 0 aliphatic carbocycles. The summed E-state index contributed by atoms with van der Waals surface area (Å²) in [7, 11) is 1.69. The summed E-state index contributed by atoms with van der Waals surface area (Å²) in [6.45, 7) is 2.22. The Hall–Kier alpha value is -3.20. The van der Waals surface area contributed by atoms with E-state index >= 15 is 0 Å². The van der Waals surface area contributed by atoms with E-state index in [1.54, 1.807) is 7.11 Å². The molecule has 5 rings (SSSR count). The first kappa shape index (κ1) is 18.8. The van der Waals surface area contributed by atoms with Crippen molar-refractivity contribution in [1.29, 1.82) is 0 Å². The number of rotatable bonds is 5. The Balaban J connectivity index is 1.61. The van der Waals surface area contributed by atoms with Gasteiger partial charge in [-0.05, 0) is 48.6 Å². The average molecular weight is 399 g/mol. The molecule has 3 aromatic carbocycles. The van der Waals surface area contributed by atoms with Crippen LogP contribution in [0.15, 0.2) is 66.2 Å². The van der Waals surface area contributed by atoms with Crippen molar-refractivity contribution in [1.82, 2.24) is 0 Å². The summed E-state index contributed by atoms with van der Waals surface area (Å²) in [5.41, 5.74) is 3.26. The second-order valence-electron chi connectivity index (χ2n) is 7.94. The SMILES string of the molecule is CCCCCC1=Cc2cc(OC)ccc2OC12C=Cc1ccc3ccccc3c1O2. The average Bonchev–Trinajstić information content (AvgIpc) is 2.79.